The van der Waals surface area contributed by atoms with Gasteiger partial charge in [0.2, 0.25) is 5.82 Å². The van der Waals surface area contributed by atoms with Crippen molar-refractivity contribution in [2.24, 2.45) is 0 Å². The Hall–Kier alpha value is -2.15. The lowest BCUT2D eigenvalue weighted by Crippen LogP contribution is -2.26. The highest BCUT2D eigenvalue weighted by molar-refractivity contribution is 7.10. The lowest BCUT2D eigenvalue weighted by atomic mass is 9.91. The van der Waals surface area contributed by atoms with Gasteiger partial charge in [-0.25, -0.2) is 4.98 Å². The van der Waals surface area contributed by atoms with Crippen LogP contribution in [0.15, 0.2) is 29.6 Å². The number of nitrogens with one attached hydrogen (secondary N) is 1. The van der Waals surface area contributed by atoms with Gasteiger partial charge in [-0.1, -0.05) is 19.9 Å². The maximum Gasteiger partial charge on any atom is 0.311 e. The third kappa shape index (κ3) is 3.05. The minimum atomic E-state index is -0.540. The Balaban J connectivity index is 2.08. The van der Waals surface area contributed by atoms with E-state index in [2.05, 4.69) is 30.2 Å². The second-order valence-electron chi connectivity index (χ2n) is 5.07. The summed E-state index contributed by atoms with van der Waals surface area (Å²) in [7, 11) is 0. The third-order valence-corrected chi connectivity index (χ3v) is 4.23. The van der Waals surface area contributed by atoms with Crippen LogP contribution >= 0.6 is 11.3 Å². The summed E-state index contributed by atoms with van der Waals surface area (Å²) in [4.78, 5) is 15.4. The zero-order chi connectivity index (χ0) is 14.8. The topological polar surface area (TPSA) is 94.1 Å². The number of nitrogens with zero attached hydrogens (tertiary/aromatic N) is 2. The van der Waals surface area contributed by atoms with Crippen LogP contribution < -0.4 is 11.1 Å². The predicted molar refractivity (Wildman–Crippen MR) is 81.1 cm³/mol. The molecule has 2 aromatic heterocycles. The molecule has 7 heteroatoms. The summed E-state index contributed by atoms with van der Waals surface area (Å²) in [6.07, 6.45) is 0. The molecule has 0 saturated heterocycles. The second kappa shape index (κ2) is 5.46. The van der Waals surface area contributed by atoms with Gasteiger partial charge >= 0.3 is 5.69 Å². The lowest BCUT2D eigenvalue weighted by molar-refractivity contribution is -0.384. The Labute approximate surface area is 120 Å². The van der Waals surface area contributed by atoms with Crippen molar-refractivity contribution in [3.63, 3.8) is 0 Å². The Bertz CT molecular complexity index is 611. The summed E-state index contributed by atoms with van der Waals surface area (Å²) in [6, 6.07) is 7.04. The zero-order valence-electron chi connectivity index (χ0n) is 11.3. The SMILES string of the molecule is CC(C)(CNc1ccc([N+](=O)[O-])c(N)n1)c1cccs1. The van der Waals surface area contributed by atoms with Crippen LogP contribution in [0.2, 0.25) is 0 Å². The smallest absolute Gasteiger partial charge is 0.311 e. The number of hydrogen-bond acceptors (Lipinski definition) is 6. The molecule has 0 bridgehead atoms. The molecule has 0 radical (unpaired) electrons. The molecule has 0 amide bonds. The van der Waals surface area contributed by atoms with Gasteiger partial charge in [0.25, 0.3) is 0 Å². The minimum Gasteiger partial charge on any atom is -0.378 e. The molecule has 0 spiro atoms. The van der Waals surface area contributed by atoms with Crippen LogP contribution in [0.3, 0.4) is 0 Å². The van der Waals surface area contributed by atoms with E-state index in [4.69, 9.17) is 5.73 Å². The van der Waals surface area contributed by atoms with Crippen LogP contribution in [0.4, 0.5) is 17.3 Å². The fourth-order valence-electron chi connectivity index (χ4n) is 1.78. The van der Waals surface area contributed by atoms with Gasteiger partial charge in [0.15, 0.2) is 0 Å². The highest BCUT2D eigenvalue weighted by atomic mass is 32.1. The van der Waals surface area contributed by atoms with Gasteiger partial charge in [-0.05, 0) is 17.5 Å². The van der Waals surface area contributed by atoms with Crippen molar-refractivity contribution in [1.82, 2.24) is 4.98 Å². The second-order valence-corrected chi connectivity index (χ2v) is 6.02. The third-order valence-electron chi connectivity index (χ3n) is 3.00. The van der Waals surface area contributed by atoms with E-state index in [0.717, 1.165) is 0 Å². The van der Waals surface area contributed by atoms with Crippen molar-refractivity contribution in [2.45, 2.75) is 19.3 Å². The molecule has 0 aliphatic heterocycles. The molecule has 0 aliphatic rings. The number of hydrogen-bond donors (Lipinski definition) is 2. The number of nitrogens with two attached hydrogens (primary N) is 1. The Morgan fingerprint density at radius 1 is 1.45 bits per heavy atom. The van der Waals surface area contributed by atoms with Gasteiger partial charge in [-0.2, -0.15) is 0 Å². The van der Waals surface area contributed by atoms with E-state index in [9.17, 15) is 10.1 Å². The van der Waals surface area contributed by atoms with Crippen LogP contribution in [-0.2, 0) is 5.41 Å². The van der Waals surface area contributed by atoms with Gasteiger partial charge < -0.3 is 11.1 Å². The first-order valence-electron chi connectivity index (χ1n) is 6.09. The van der Waals surface area contributed by atoms with Crippen LogP contribution in [0.25, 0.3) is 0 Å². The number of aromatic nitrogens is 1. The van der Waals surface area contributed by atoms with Gasteiger partial charge in [-0.15, -0.1) is 11.3 Å². The summed E-state index contributed by atoms with van der Waals surface area (Å²) < 4.78 is 0. The normalized spacial score (nSPS) is 11.3. The molecule has 2 rings (SSSR count). The largest absolute Gasteiger partial charge is 0.378 e. The van der Waals surface area contributed by atoms with Gasteiger partial charge in [0.1, 0.15) is 5.82 Å². The van der Waals surface area contributed by atoms with Crippen molar-refractivity contribution < 1.29 is 4.92 Å². The molecule has 106 valence electrons. The standard InChI is InChI=1S/C13H16N4O2S/c1-13(2,10-4-3-7-20-10)8-15-11-6-5-9(17(18)19)12(14)16-11/h3-7H,8H2,1-2H3,(H3,14,15,16). The fourth-order valence-corrected chi connectivity index (χ4v) is 2.63. The number of pyridine rings is 1. The molecule has 0 atom stereocenters. The predicted octanol–water partition coefficient (Wildman–Crippen LogP) is 3.02. The highest BCUT2D eigenvalue weighted by Crippen LogP contribution is 2.28. The van der Waals surface area contributed by atoms with Crippen molar-refractivity contribution in [2.75, 3.05) is 17.6 Å². The monoisotopic (exact) mass is 292 g/mol. The molecule has 0 unspecified atom stereocenters. The van der Waals surface area contributed by atoms with E-state index < -0.39 is 4.92 Å². The van der Waals surface area contributed by atoms with E-state index >= 15 is 0 Å². The molecule has 0 saturated carbocycles. The molecular weight excluding hydrogens is 276 g/mol. The van der Waals surface area contributed by atoms with Crippen molar-refractivity contribution in [3.05, 3.63) is 44.6 Å². The first-order valence-corrected chi connectivity index (χ1v) is 6.97. The van der Waals surface area contributed by atoms with Gasteiger partial charge in [0.05, 0.1) is 4.92 Å². The van der Waals surface area contributed by atoms with Gasteiger partial charge in [0, 0.05) is 22.9 Å². The summed E-state index contributed by atoms with van der Waals surface area (Å²) >= 11 is 1.70. The molecule has 0 aliphatic carbocycles. The number of anilines is 2. The van der Waals surface area contributed by atoms with E-state index in [1.54, 1.807) is 17.4 Å². The molecule has 20 heavy (non-hydrogen) atoms. The summed E-state index contributed by atoms with van der Waals surface area (Å²) in [5.74, 6) is 0.465. The van der Waals surface area contributed by atoms with E-state index in [1.807, 2.05) is 11.4 Å². The summed E-state index contributed by atoms with van der Waals surface area (Å²) in [5.41, 5.74) is 5.34. The zero-order valence-corrected chi connectivity index (χ0v) is 12.1. The molecule has 2 heterocycles. The quantitative estimate of drug-likeness (QED) is 0.652. The summed E-state index contributed by atoms with van der Waals surface area (Å²) in [6.45, 7) is 4.92. The van der Waals surface area contributed by atoms with E-state index in [1.165, 1.54) is 10.9 Å². The van der Waals surface area contributed by atoms with Crippen LogP contribution in [0, 0.1) is 10.1 Å². The maximum atomic E-state index is 10.7. The average Bonchev–Trinajstić information content (AvgIpc) is 2.90. The van der Waals surface area contributed by atoms with Crippen LogP contribution in [-0.4, -0.2) is 16.5 Å². The Kier molecular flexibility index (Phi) is 3.89. The van der Waals surface area contributed by atoms with Crippen LogP contribution in [0.1, 0.15) is 18.7 Å². The number of rotatable bonds is 5. The molecule has 3 N–H and O–H groups in total. The average molecular weight is 292 g/mol. The van der Waals surface area contributed by atoms with E-state index in [-0.39, 0.29) is 16.9 Å². The fraction of sp³-hybridized carbons (Fsp3) is 0.308. The van der Waals surface area contributed by atoms with Crippen molar-refractivity contribution >= 4 is 28.7 Å². The lowest BCUT2D eigenvalue weighted by Gasteiger charge is -2.24. The highest BCUT2D eigenvalue weighted by Gasteiger charge is 2.22. The number of nitrogen functional groups attached to an aromatic ring is 1. The first kappa shape index (κ1) is 14.3. The number of nitro groups is 1. The van der Waals surface area contributed by atoms with Crippen molar-refractivity contribution in [1.29, 1.82) is 0 Å². The minimum absolute atomic E-state index is 0.0492. The Morgan fingerprint density at radius 2 is 2.20 bits per heavy atom. The Morgan fingerprint density at radius 3 is 2.75 bits per heavy atom. The van der Waals surface area contributed by atoms with E-state index in [0.29, 0.717) is 12.4 Å². The number of thiophene rings is 1. The van der Waals surface area contributed by atoms with Crippen molar-refractivity contribution in [3.8, 4) is 0 Å². The van der Waals surface area contributed by atoms with Gasteiger partial charge in [-0.3, -0.25) is 10.1 Å². The maximum absolute atomic E-state index is 10.7. The first-order chi connectivity index (χ1) is 9.40. The molecule has 6 nitrogen and oxygen atoms in total. The molecular formula is C13H16N4O2S. The molecule has 0 fully saturated rings. The molecule has 2 aromatic rings. The van der Waals surface area contributed by atoms with Crippen LogP contribution in [0.5, 0.6) is 0 Å². The molecule has 0 aromatic carbocycles. The summed E-state index contributed by atoms with van der Waals surface area (Å²) in [5, 5.41) is 15.9.